The Morgan fingerprint density at radius 1 is 1.33 bits per heavy atom. The predicted molar refractivity (Wildman–Crippen MR) is 73.2 cm³/mol. The van der Waals surface area contributed by atoms with Gasteiger partial charge in [0.15, 0.2) is 0 Å². The summed E-state index contributed by atoms with van der Waals surface area (Å²) in [6.07, 6.45) is 5.71. The fourth-order valence-corrected chi connectivity index (χ4v) is 3.17. The van der Waals surface area contributed by atoms with E-state index in [0.29, 0.717) is 30.8 Å². The van der Waals surface area contributed by atoms with E-state index in [1.807, 2.05) is 0 Å². The van der Waals surface area contributed by atoms with Gasteiger partial charge >= 0.3 is 0 Å². The molecular weight excluding hydrogens is 226 g/mol. The number of likely N-dealkylation sites (tertiary alicyclic amines) is 2. The molecule has 0 saturated carbocycles. The van der Waals surface area contributed by atoms with Crippen molar-refractivity contribution in [3.8, 4) is 0 Å². The van der Waals surface area contributed by atoms with Crippen molar-refractivity contribution in [3.05, 3.63) is 0 Å². The van der Waals surface area contributed by atoms with Crippen molar-refractivity contribution in [2.45, 2.75) is 45.1 Å². The van der Waals surface area contributed by atoms with Crippen molar-refractivity contribution in [1.82, 2.24) is 9.80 Å². The Morgan fingerprint density at radius 3 is 2.83 bits per heavy atom. The number of nitrogens with zero attached hydrogens (tertiary/aromatic N) is 2. The number of carbonyl (C=O) groups is 1. The van der Waals surface area contributed by atoms with Gasteiger partial charge in [-0.1, -0.05) is 19.8 Å². The average Bonchev–Trinajstić information content (AvgIpc) is 2.96. The second kappa shape index (κ2) is 6.53. The number of hydrogen-bond donors (Lipinski definition) is 1. The van der Waals surface area contributed by atoms with Gasteiger partial charge in [0.1, 0.15) is 0 Å². The summed E-state index contributed by atoms with van der Waals surface area (Å²) < 4.78 is 0. The first-order chi connectivity index (χ1) is 8.74. The third-order valence-corrected chi connectivity index (χ3v) is 4.34. The molecule has 2 aliphatic rings. The van der Waals surface area contributed by atoms with Crippen LogP contribution in [0.4, 0.5) is 0 Å². The maximum atomic E-state index is 11.9. The van der Waals surface area contributed by atoms with Crippen LogP contribution in [0.3, 0.4) is 0 Å². The largest absolute Gasteiger partial charge is 0.338 e. The first-order valence-corrected chi connectivity index (χ1v) is 7.46. The van der Waals surface area contributed by atoms with Crippen LogP contribution in [0.1, 0.15) is 39.0 Å². The number of carbonyl (C=O) groups excluding carboxylic acids is 1. The van der Waals surface area contributed by atoms with Crippen LogP contribution >= 0.6 is 0 Å². The van der Waals surface area contributed by atoms with Gasteiger partial charge in [-0.3, -0.25) is 4.79 Å². The van der Waals surface area contributed by atoms with Crippen LogP contribution in [0.15, 0.2) is 0 Å². The van der Waals surface area contributed by atoms with E-state index in [1.54, 1.807) is 0 Å². The molecule has 0 spiro atoms. The molecule has 2 saturated heterocycles. The van der Waals surface area contributed by atoms with Gasteiger partial charge in [-0.05, 0) is 31.8 Å². The Balaban J connectivity index is 1.76. The highest BCUT2D eigenvalue weighted by Crippen LogP contribution is 2.24. The zero-order chi connectivity index (χ0) is 13.0. The molecule has 2 N–H and O–H groups in total. The molecule has 0 aromatic carbocycles. The van der Waals surface area contributed by atoms with E-state index in [0.717, 1.165) is 26.1 Å². The SMILES string of the molecule is CCCCCN1CCC(N2CC(CN)CC2=O)C1. The number of rotatable bonds is 6. The van der Waals surface area contributed by atoms with E-state index in [1.165, 1.54) is 25.8 Å². The maximum Gasteiger partial charge on any atom is 0.223 e. The topological polar surface area (TPSA) is 49.6 Å². The molecule has 2 aliphatic heterocycles. The third kappa shape index (κ3) is 3.23. The van der Waals surface area contributed by atoms with E-state index in [-0.39, 0.29) is 0 Å². The predicted octanol–water partition coefficient (Wildman–Crippen LogP) is 1.06. The van der Waals surface area contributed by atoms with Crippen LogP contribution in [0.2, 0.25) is 0 Å². The summed E-state index contributed by atoms with van der Waals surface area (Å²) in [7, 11) is 0. The lowest BCUT2D eigenvalue weighted by Crippen LogP contribution is -2.39. The second-order valence-electron chi connectivity index (χ2n) is 5.80. The lowest BCUT2D eigenvalue weighted by atomic mass is 10.1. The highest BCUT2D eigenvalue weighted by atomic mass is 16.2. The zero-order valence-corrected chi connectivity index (χ0v) is 11.6. The molecule has 2 fully saturated rings. The van der Waals surface area contributed by atoms with Crippen molar-refractivity contribution in [2.24, 2.45) is 11.7 Å². The lowest BCUT2D eigenvalue weighted by molar-refractivity contribution is -0.129. The zero-order valence-electron chi connectivity index (χ0n) is 11.6. The van der Waals surface area contributed by atoms with Crippen molar-refractivity contribution in [1.29, 1.82) is 0 Å². The van der Waals surface area contributed by atoms with Gasteiger partial charge in [-0.15, -0.1) is 0 Å². The minimum atomic E-state index is 0.325. The summed E-state index contributed by atoms with van der Waals surface area (Å²) in [6, 6.07) is 0.454. The molecule has 4 heteroatoms. The van der Waals surface area contributed by atoms with Crippen LogP contribution in [-0.4, -0.2) is 54.5 Å². The quantitative estimate of drug-likeness (QED) is 0.720. The molecule has 0 radical (unpaired) electrons. The fourth-order valence-electron chi connectivity index (χ4n) is 3.17. The molecule has 0 bridgehead atoms. The molecule has 0 aromatic heterocycles. The molecule has 0 aliphatic carbocycles. The van der Waals surface area contributed by atoms with Crippen molar-refractivity contribution < 1.29 is 4.79 Å². The van der Waals surface area contributed by atoms with E-state index in [9.17, 15) is 4.79 Å². The summed E-state index contributed by atoms with van der Waals surface area (Å²) >= 11 is 0. The third-order valence-electron chi connectivity index (χ3n) is 4.34. The minimum absolute atomic E-state index is 0.325. The van der Waals surface area contributed by atoms with Crippen LogP contribution in [0.25, 0.3) is 0 Å². The Kier molecular flexibility index (Phi) is 5.01. The molecule has 2 unspecified atom stereocenters. The highest BCUT2D eigenvalue weighted by Gasteiger charge is 2.36. The van der Waals surface area contributed by atoms with E-state index >= 15 is 0 Å². The standard InChI is InChI=1S/C14H27N3O/c1-2-3-4-6-16-7-5-13(11-16)17-10-12(9-15)8-14(17)18/h12-13H,2-11,15H2,1H3. The summed E-state index contributed by atoms with van der Waals surface area (Å²) in [4.78, 5) is 16.6. The van der Waals surface area contributed by atoms with Crippen molar-refractivity contribution in [2.75, 3.05) is 32.7 Å². The normalized spacial score (nSPS) is 29.4. The van der Waals surface area contributed by atoms with Gasteiger partial charge in [-0.25, -0.2) is 0 Å². The molecule has 104 valence electrons. The van der Waals surface area contributed by atoms with E-state index < -0.39 is 0 Å². The van der Waals surface area contributed by atoms with Gasteiger partial charge in [0.25, 0.3) is 0 Å². The first kappa shape index (κ1) is 13.8. The van der Waals surface area contributed by atoms with Crippen LogP contribution in [-0.2, 0) is 4.79 Å². The fraction of sp³-hybridized carbons (Fsp3) is 0.929. The smallest absolute Gasteiger partial charge is 0.223 e. The Hall–Kier alpha value is -0.610. The van der Waals surface area contributed by atoms with Gasteiger partial charge in [-0.2, -0.15) is 0 Å². The molecule has 18 heavy (non-hydrogen) atoms. The van der Waals surface area contributed by atoms with Gasteiger partial charge < -0.3 is 15.5 Å². The monoisotopic (exact) mass is 253 g/mol. The number of amides is 1. The Bertz CT molecular complexity index is 282. The molecular formula is C14H27N3O. The summed E-state index contributed by atoms with van der Waals surface area (Å²) in [5, 5.41) is 0. The second-order valence-corrected chi connectivity index (χ2v) is 5.80. The Morgan fingerprint density at radius 2 is 2.17 bits per heavy atom. The van der Waals surface area contributed by atoms with Gasteiger partial charge in [0, 0.05) is 32.1 Å². The van der Waals surface area contributed by atoms with Gasteiger partial charge in [0.2, 0.25) is 5.91 Å². The highest BCUT2D eigenvalue weighted by molar-refractivity contribution is 5.79. The van der Waals surface area contributed by atoms with E-state index in [2.05, 4.69) is 16.7 Å². The maximum absolute atomic E-state index is 11.9. The molecule has 1 amide bonds. The summed E-state index contributed by atoms with van der Waals surface area (Å²) in [5.74, 6) is 0.720. The number of hydrogen-bond acceptors (Lipinski definition) is 3. The number of nitrogens with two attached hydrogens (primary N) is 1. The molecule has 2 heterocycles. The molecule has 0 aromatic rings. The minimum Gasteiger partial charge on any atom is -0.338 e. The van der Waals surface area contributed by atoms with Crippen molar-refractivity contribution in [3.63, 3.8) is 0 Å². The van der Waals surface area contributed by atoms with Crippen LogP contribution < -0.4 is 5.73 Å². The molecule has 2 atom stereocenters. The Labute approximate surface area is 110 Å². The molecule has 4 nitrogen and oxygen atoms in total. The van der Waals surface area contributed by atoms with Crippen molar-refractivity contribution >= 4 is 5.91 Å². The van der Waals surface area contributed by atoms with Crippen LogP contribution in [0, 0.1) is 5.92 Å². The number of unbranched alkanes of at least 4 members (excludes halogenated alkanes) is 2. The van der Waals surface area contributed by atoms with Gasteiger partial charge in [0.05, 0.1) is 0 Å². The van der Waals surface area contributed by atoms with E-state index in [4.69, 9.17) is 5.73 Å². The molecule has 2 rings (SSSR count). The summed E-state index contributed by atoms with van der Waals surface area (Å²) in [5.41, 5.74) is 5.68. The van der Waals surface area contributed by atoms with Crippen LogP contribution in [0.5, 0.6) is 0 Å². The average molecular weight is 253 g/mol. The summed E-state index contributed by atoms with van der Waals surface area (Å²) in [6.45, 7) is 7.21. The first-order valence-electron chi connectivity index (χ1n) is 7.46. The lowest BCUT2D eigenvalue weighted by Gasteiger charge is -2.24.